The molecule has 1 fully saturated rings. The van der Waals surface area contributed by atoms with Gasteiger partial charge in [0, 0.05) is 11.3 Å². The van der Waals surface area contributed by atoms with E-state index in [0.717, 1.165) is 49.4 Å². The van der Waals surface area contributed by atoms with Crippen LogP contribution in [0.4, 0.5) is 5.69 Å². The van der Waals surface area contributed by atoms with Gasteiger partial charge in [-0.15, -0.1) is 0 Å². The van der Waals surface area contributed by atoms with Crippen LogP contribution in [-0.4, -0.2) is 44.4 Å². The van der Waals surface area contributed by atoms with Crippen molar-refractivity contribution in [1.29, 1.82) is 0 Å². The average molecular weight is 423 g/mol. The van der Waals surface area contributed by atoms with E-state index < -0.39 is 0 Å². The number of benzene rings is 2. The highest BCUT2D eigenvalue weighted by molar-refractivity contribution is 5.94. The van der Waals surface area contributed by atoms with E-state index in [2.05, 4.69) is 48.3 Å². The van der Waals surface area contributed by atoms with Crippen molar-refractivity contribution in [2.45, 2.75) is 40.2 Å². The Morgan fingerprint density at radius 2 is 1.58 bits per heavy atom. The summed E-state index contributed by atoms with van der Waals surface area (Å²) in [6, 6.07) is 16.4. The Balaban J connectivity index is 1.44. The number of carbonyl (C=O) groups excluding carboxylic acids is 2. The van der Waals surface area contributed by atoms with Gasteiger partial charge in [0.15, 0.2) is 12.3 Å². The molecule has 1 aliphatic heterocycles. The number of quaternary nitrogens is 1. The van der Waals surface area contributed by atoms with E-state index in [-0.39, 0.29) is 17.7 Å². The third-order valence-corrected chi connectivity index (χ3v) is 6.02. The Morgan fingerprint density at radius 3 is 2.13 bits per heavy atom. The molecule has 2 aromatic carbocycles. The van der Waals surface area contributed by atoms with Crippen molar-refractivity contribution in [3.63, 3.8) is 0 Å². The largest absolute Gasteiger partial charge is 0.360 e. The standard InChI is InChI=1S/C26H35N3O2/c1-19(2)17-22-5-7-23(8-6-22)20(3)27-26(31)18-28-13-15-29(16-14-28)25-11-9-24(10-12-25)21(4)30/h5-12,19-20H,13-18H2,1-4H3,(H,27,31)/p+1/t20-/m1/s1. The first-order valence-corrected chi connectivity index (χ1v) is 11.4. The second-order valence-electron chi connectivity index (χ2n) is 9.15. The van der Waals surface area contributed by atoms with Crippen molar-refractivity contribution in [2.75, 3.05) is 37.6 Å². The van der Waals surface area contributed by atoms with Gasteiger partial charge in [-0.25, -0.2) is 0 Å². The molecule has 0 spiro atoms. The molecule has 5 heteroatoms. The number of carbonyl (C=O) groups is 2. The SMILES string of the molecule is CC(=O)c1ccc(N2CC[NH+](CC(=O)N[C@H](C)c3ccc(CC(C)C)cc3)CC2)cc1. The van der Waals surface area contributed by atoms with Gasteiger partial charge < -0.3 is 15.1 Å². The monoisotopic (exact) mass is 422 g/mol. The fourth-order valence-electron chi connectivity index (χ4n) is 4.18. The average Bonchev–Trinajstić information content (AvgIpc) is 2.74. The van der Waals surface area contributed by atoms with Crippen molar-refractivity contribution < 1.29 is 14.5 Å². The molecule has 2 aromatic rings. The zero-order chi connectivity index (χ0) is 22.4. The lowest BCUT2D eigenvalue weighted by molar-refractivity contribution is -0.892. The summed E-state index contributed by atoms with van der Waals surface area (Å²) in [4.78, 5) is 27.7. The molecular formula is C26H36N3O2+. The molecule has 1 saturated heterocycles. The molecule has 0 radical (unpaired) electrons. The number of piperazine rings is 1. The minimum atomic E-state index is 0.0149. The number of ketones is 1. The fraction of sp³-hybridized carbons (Fsp3) is 0.462. The van der Waals surface area contributed by atoms with E-state index in [1.165, 1.54) is 10.5 Å². The van der Waals surface area contributed by atoms with E-state index in [0.29, 0.717) is 12.5 Å². The fourth-order valence-corrected chi connectivity index (χ4v) is 4.18. The molecule has 1 heterocycles. The Hall–Kier alpha value is -2.66. The molecule has 0 aromatic heterocycles. The Kier molecular flexibility index (Phi) is 7.85. The number of rotatable bonds is 8. The van der Waals surface area contributed by atoms with Crippen LogP contribution in [0.5, 0.6) is 0 Å². The normalized spacial score (nSPS) is 15.7. The third-order valence-electron chi connectivity index (χ3n) is 6.02. The molecule has 1 atom stereocenters. The van der Waals surface area contributed by atoms with Crippen LogP contribution in [0.25, 0.3) is 0 Å². The summed E-state index contributed by atoms with van der Waals surface area (Å²) < 4.78 is 0. The van der Waals surface area contributed by atoms with Crippen LogP contribution < -0.4 is 15.1 Å². The van der Waals surface area contributed by atoms with Gasteiger partial charge in [-0.3, -0.25) is 9.59 Å². The second-order valence-corrected chi connectivity index (χ2v) is 9.15. The molecule has 31 heavy (non-hydrogen) atoms. The van der Waals surface area contributed by atoms with Crippen LogP contribution in [0.2, 0.25) is 0 Å². The summed E-state index contributed by atoms with van der Waals surface area (Å²) in [5, 5.41) is 3.16. The van der Waals surface area contributed by atoms with Crippen LogP contribution in [0.3, 0.4) is 0 Å². The molecule has 0 aliphatic carbocycles. The van der Waals surface area contributed by atoms with Crippen molar-refractivity contribution >= 4 is 17.4 Å². The summed E-state index contributed by atoms with van der Waals surface area (Å²) in [6.07, 6.45) is 1.08. The first-order chi connectivity index (χ1) is 14.8. The van der Waals surface area contributed by atoms with Gasteiger partial charge in [0.05, 0.1) is 32.2 Å². The number of nitrogens with one attached hydrogen (secondary N) is 2. The maximum atomic E-state index is 12.6. The smallest absolute Gasteiger partial charge is 0.275 e. The zero-order valence-corrected chi connectivity index (χ0v) is 19.3. The summed E-state index contributed by atoms with van der Waals surface area (Å²) in [7, 11) is 0. The number of hydrogen-bond donors (Lipinski definition) is 2. The molecule has 2 N–H and O–H groups in total. The van der Waals surface area contributed by atoms with E-state index >= 15 is 0 Å². The number of nitrogens with zero attached hydrogens (tertiary/aromatic N) is 1. The van der Waals surface area contributed by atoms with Crippen molar-refractivity contribution in [1.82, 2.24) is 5.32 Å². The van der Waals surface area contributed by atoms with Crippen molar-refractivity contribution in [3.8, 4) is 0 Å². The molecule has 3 rings (SSSR count). The van der Waals surface area contributed by atoms with Gasteiger partial charge in [0.25, 0.3) is 5.91 Å². The predicted molar refractivity (Wildman–Crippen MR) is 126 cm³/mol. The van der Waals surface area contributed by atoms with Crippen molar-refractivity contribution in [3.05, 3.63) is 65.2 Å². The number of Topliss-reactive ketones (excluding diaryl/α,β-unsaturated/α-hetero) is 1. The maximum Gasteiger partial charge on any atom is 0.275 e. The lowest BCUT2D eigenvalue weighted by Gasteiger charge is -2.33. The first-order valence-electron chi connectivity index (χ1n) is 11.4. The van der Waals surface area contributed by atoms with Crippen LogP contribution in [0.1, 0.15) is 55.2 Å². The van der Waals surface area contributed by atoms with E-state index in [9.17, 15) is 9.59 Å². The molecule has 1 amide bonds. The molecule has 0 bridgehead atoms. The lowest BCUT2D eigenvalue weighted by atomic mass is 10.00. The summed E-state index contributed by atoms with van der Waals surface area (Å²) in [5.41, 5.74) is 4.38. The maximum absolute atomic E-state index is 12.6. The van der Waals surface area contributed by atoms with E-state index in [4.69, 9.17) is 0 Å². The molecule has 0 unspecified atom stereocenters. The second kappa shape index (κ2) is 10.6. The summed E-state index contributed by atoms with van der Waals surface area (Å²) in [6.45, 7) is 12.3. The Bertz CT molecular complexity index is 867. The van der Waals surface area contributed by atoms with Crippen LogP contribution >= 0.6 is 0 Å². The Morgan fingerprint density at radius 1 is 0.968 bits per heavy atom. The summed E-state index contributed by atoms with van der Waals surface area (Å²) >= 11 is 0. The molecule has 0 saturated carbocycles. The van der Waals surface area contributed by atoms with Gasteiger partial charge >= 0.3 is 0 Å². The Labute approximate surface area is 186 Å². The van der Waals surface area contributed by atoms with Crippen LogP contribution in [0, 0.1) is 5.92 Å². The van der Waals surface area contributed by atoms with Gasteiger partial charge in [0.1, 0.15) is 0 Å². The predicted octanol–water partition coefficient (Wildman–Crippen LogP) is 2.67. The highest BCUT2D eigenvalue weighted by atomic mass is 16.2. The molecular weight excluding hydrogens is 386 g/mol. The number of anilines is 1. The minimum Gasteiger partial charge on any atom is -0.360 e. The van der Waals surface area contributed by atoms with E-state index in [1.54, 1.807) is 6.92 Å². The molecule has 1 aliphatic rings. The van der Waals surface area contributed by atoms with E-state index in [1.807, 2.05) is 31.2 Å². The minimum absolute atomic E-state index is 0.0149. The van der Waals surface area contributed by atoms with Gasteiger partial charge in [-0.1, -0.05) is 38.1 Å². The molecule has 166 valence electrons. The molecule has 5 nitrogen and oxygen atoms in total. The number of amides is 1. The highest BCUT2D eigenvalue weighted by Gasteiger charge is 2.23. The summed E-state index contributed by atoms with van der Waals surface area (Å²) in [5.74, 6) is 0.840. The topological polar surface area (TPSA) is 53.9 Å². The van der Waals surface area contributed by atoms with Crippen molar-refractivity contribution in [2.24, 2.45) is 5.92 Å². The van der Waals surface area contributed by atoms with Crippen LogP contribution in [-0.2, 0) is 11.2 Å². The van der Waals surface area contributed by atoms with Gasteiger partial charge in [-0.2, -0.15) is 0 Å². The first kappa shape index (κ1) is 23.0. The zero-order valence-electron chi connectivity index (χ0n) is 19.3. The quantitative estimate of drug-likeness (QED) is 0.643. The van der Waals surface area contributed by atoms with Gasteiger partial charge in [-0.05, 0) is 61.6 Å². The van der Waals surface area contributed by atoms with Gasteiger partial charge in [0.2, 0.25) is 0 Å². The number of hydrogen-bond acceptors (Lipinski definition) is 3. The third kappa shape index (κ3) is 6.66. The highest BCUT2D eigenvalue weighted by Crippen LogP contribution is 2.16. The van der Waals surface area contributed by atoms with Crippen LogP contribution in [0.15, 0.2) is 48.5 Å². The lowest BCUT2D eigenvalue weighted by Crippen LogP contribution is -3.15.